The number of halogens is 2. The molecule has 0 radical (unpaired) electrons. The number of hydrogen-bond donors (Lipinski definition) is 0. The van der Waals surface area contributed by atoms with E-state index in [2.05, 4.69) is 0 Å². The summed E-state index contributed by atoms with van der Waals surface area (Å²) in [5.41, 5.74) is 0. The Hall–Kier alpha value is -0.200. The zero-order valence-corrected chi connectivity index (χ0v) is 6.23. The summed E-state index contributed by atoms with van der Waals surface area (Å²) < 4.78 is 0. The van der Waals surface area contributed by atoms with Crippen molar-refractivity contribution in [1.29, 1.82) is 0 Å². The number of allylic oxidation sites excluding steroid dienone is 6. The van der Waals surface area contributed by atoms with E-state index in [0.717, 1.165) is 5.03 Å². The Bertz CT molecular complexity index is 177. The Morgan fingerprint density at radius 3 is 2.89 bits per heavy atom. The third-order valence-corrected chi connectivity index (χ3v) is 1.53. The maximum atomic E-state index is 5.72. The van der Waals surface area contributed by atoms with E-state index in [-0.39, 0.29) is 5.38 Å². The fraction of sp³-hybridized carbons (Fsp3) is 0.143. The molecule has 9 heavy (non-hydrogen) atoms. The minimum absolute atomic E-state index is 0.0162. The number of rotatable bonds is 0. The van der Waals surface area contributed by atoms with E-state index in [4.69, 9.17) is 23.2 Å². The smallest absolute Gasteiger partial charge is 0.0703 e. The lowest BCUT2D eigenvalue weighted by Crippen LogP contribution is -1.82. The molecule has 0 N–H and O–H groups in total. The summed E-state index contributed by atoms with van der Waals surface area (Å²) in [6.45, 7) is 0. The Balaban J connectivity index is 2.75. The van der Waals surface area contributed by atoms with Gasteiger partial charge in [-0.1, -0.05) is 29.8 Å². The van der Waals surface area contributed by atoms with Gasteiger partial charge in [0, 0.05) is 5.03 Å². The van der Waals surface area contributed by atoms with Crippen LogP contribution in [0.1, 0.15) is 0 Å². The minimum atomic E-state index is -0.0162. The zero-order chi connectivity index (χ0) is 6.69. The lowest BCUT2D eigenvalue weighted by molar-refractivity contribution is 1.41. The third kappa shape index (κ3) is 2.25. The lowest BCUT2D eigenvalue weighted by atomic mass is 10.4. The van der Waals surface area contributed by atoms with Crippen molar-refractivity contribution < 1.29 is 0 Å². The molecule has 0 aromatic heterocycles. The van der Waals surface area contributed by atoms with E-state index in [0.29, 0.717) is 0 Å². The largest absolute Gasteiger partial charge is 0.114 e. The van der Waals surface area contributed by atoms with E-state index >= 15 is 0 Å². The van der Waals surface area contributed by atoms with Gasteiger partial charge >= 0.3 is 0 Å². The van der Waals surface area contributed by atoms with Crippen LogP contribution in [0, 0.1) is 0 Å². The standard InChI is InChI=1S/C7H6Cl2/c8-6-2-1-3-7(9)5-4-6/h1-6H. The molecule has 0 aromatic rings. The van der Waals surface area contributed by atoms with Crippen molar-refractivity contribution >= 4 is 23.2 Å². The molecule has 1 aliphatic rings. The summed E-state index contributed by atoms with van der Waals surface area (Å²) in [4.78, 5) is 0. The molecule has 0 aromatic carbocycles. The van der Waals surface area contributed by atoms with Gasteiger partial charge in [0.15, 0.2) is 0 Å². The Labute approximate surface area is 64.5 Å². The second-order valence-corrected chi connectivity index (χ2v) is 2.68. The summed E-state index contributed by atoms with van der Waals surface area (Å²) >= 11 is 11.4. The minimum Gasteiger partial charge on any atom is -0.114 e. The normalized spacial score (nSPS) is 25.6. The molecule has 0 aliphatic heterocycles. The molecule has 1 atom stereocenters. The van der Waals surface area contributed by atoms with E-state index in [1.54, 1.807) is 12.2 Å². The fourth-order valence-corrected chi connectivity index (χ4v) is 0.859. The van der Waals surface area contributed by atoms with Crippen molar-refractivity contribution in [2.75, 3.05) is 0 Å². The van der Waals surface area contributed by atoms with E-state index < -0.39 is 0 Å². The summed E-state index contributed by atoms with van der Waals surface area (Å²) in [7, 11) is 0. The molecular weight excluding hydrogens is 155 g/mol. The molecule has 1 rings (SSSR count). The number of hydrogen-bond acceptors (Lipinski definition) is 0. The van der Waals surface area contributed by atoms with Crippen LogP contribution in [0.15, 0.2) is 35.4 Å². The molecule has 48 valence electrons. The zero-order valence-electron chi connectivity index (χ0n) is 4.72. The Kier molecular flexibility index (Phi) is 2.38. The predicted octanol–water partition coefficient (Wildman–Crippen LogP) is 2.84. The first-order chi connectivity index (χ1) is 4.29. The predicted molar refractivity (Wildman–Crippen MR) is 41.9 cm³/mol. The SMILES string of the molecule is ClC1=CC=CC(Cl)C=C1. The van der Waals surface area contributed by atoms with Crippen LogP contribution in [0.2, 0.25) is 0 Å². The molecule has 2 heteroatoms. The fourth-order valence-electron chi connectivity index (χ4n) is 0.557. The third-order valence-electron chi connectivity index (χ3n) is 0.990. The summed E-state index contributed by atoms with van der Waals surface area (Å²) in [6.07, 6.45) is 9.15. The van der Waals surface area contributed by atoms with Crippen LogP contribution in [-0.2, 0) is 0 Å². The highest BCUT2D eigenvalue weighted by Gasteiger charge is 1.94. The van der Waals surface area contributed by atoms with Gasteiger partial charge in [-0.3, -0.25) is 0 Å². The molecule has 0 bridgehead atoms. The molecule has 0 saturated heterocycles. The van der Waals surface area contributed by atoms with Gasteiger partial charge in [-0.15, -0.1) is 11.6 Å². The molecule has 1 aliphatic carbocycles. The summed E-state index contributed by atoms with van der Waals surface area (Å²) in [6, 6.07) is 0. The highest BCUT2D eigenvalue weighted by atomic mass is 35.5. The quantitative estimate of drug-likeness (QED) is 0.479. The summed E-state index contributed by atoms with van der Waals surface area (Å²) in [5, 5.41) is 0.701. The van der Waals surface area contributed by atoms with Crippen molar-refractivity contribution in [3.8, 4) is 0 Å². The second kappa shape index (κ2) is 3.09. The summed E-state index contributed by atoms with van der Waals surface area (Å²) in [5.74, 6) is 0. The van der Waals surface area contributed by atoms with Crippen LogP contribution in [0.5, 0.6) is 0 Å². The first-order valence-corrected chi connectivity index (χ1v) is 3.47. The average molecular weight is 161 g/mol. The van der Waals surface area contributed by atoms with Gasteiger partial charge in [0.2, 0.25) is 0 Å². The highest BCUT2D eigenvalue weighted by molar-refractivity contribution is 6.31. The second-order valence-electron chi connectivity index (χ2n) is 1.74. The molecule has 0 heterocycles. The molecular formula is C7H6Cl2. The van der Waals surface area contributed by atoms with Crippen LogP contribution >= 0.6 is 23.2 Å². The molecule has 0 nitrogen and oxygen atoms in total. The number of alkyl halides is 1. The van der Waals surface area contributed by atoms with Gasteiger partial charge in [-0.2, -0.15) is 0 Å². The van der Waals surface area contributed by atoms with Crippen LogP contribution < -0.4 is 0 Å². The molecule has 0 spiro atoms. The van der Waals surface area contributed by atoms with Crippen LogP contribution in [0.4, 0.5) is 0 Å². The van der Waals surface area contributed by atoms with Gasteiger partial charge in [0.25, 0.3) is 0 Å². The van der Waals surface area contributed by atoms with Gasteiger partial charge in [-0.05, 0) is 12.2 Å². The Morgan fingerprint density at radius 1 is 1.33 bits per heavy atom. The topological polar surface area (TPSA) is 0 Å². The first kappa shape index (κ1) is 6.91. The van der Waals surface area contributed by atoms with Crippen LogP contribution in [0.3, 0.4) is 0 Å². The van der Waals surface area contributed by atoms with Crippen LogP contribution in [-0.4, -0.2) is 5.38 Å². The van der Waals surface area contributed by atoms with Crippen molar-refractivity contribution in [2.24, 2.45) is 0 Å². The molecule has 0 saturated carbocycles. The van der Waals surface area contributed by atoms with E-state index in [1.807, 2.05) is 18.2 Å². The van der Waals surface area contributed by atoms with Gasteiger partial charge in [0.1, 0.15) is 0 Å². The maximum absolute atomic E-state index is 5.72. The Morgan fingerprint density at radius 2 is 2.11 bits per heavy atom. The maximum Gasteiger partial charge on any atom is 0.0703 e. The van der Waals surface area contributed by atoms with Crippen molar-refractivity contribution in [3.63, 3.8) is 0 Å². The van der Waals surface area contributed by atoms with Crippen molar-refractivity contribution in [2.45, 2.75) is 5.38 Å². The first-order valence-electron chi connectivity index (χ1n) is 2.65. The molecule has 0 amide bonds. The van der Waals surface area contributed by atoms with Crippen LogP contribution in [0.25, 0.3) is 0 Å². The average Bonchev–Trinajstić information content (AvgIpc) is 1.97. The monoisotopic (exact) mass is 160 g/mol. The van der Waals surface area contributed by atoms with Crippen molar-refractivity contribution in [1.82, 2.24) is 0 Å². The molecule has 1 unspecified atom stereocenters. The lowest BCUT2D eigenvalue weighted by Gasteiger charge is -1.88. The van der Waals surface area contributed by atoms with Gasteiger partial charge < -0.3 is 0 Å². The van der Waals surface area contributed by atoms with Gasteiger partial charge in [-0.25, -0.2) is 0 Å². The van der Waals surface area contributed by atoms with Crippen molar-refractivity contribution in [3.05, 3.63) is 35.4 Å². The van der Waals surface area contributed by atoms with E-state index in [1.165, 1.54) is 0 Å². The highest BCUT2D eigenvalue weighted by Crippen LogP contribution is 2.11. The molecule has 0 fully saturated rings. The van der Waals surface area contributed by atoms with E-state index in [9.17, 15) is 0 Å². The van der Waals surface area contributed by atoms with Gasteiger partial charge in [0.05, 0.1) is 5.38 Å².